The van der Waals surface area contributed by atoms with Gasteiger partial charge in [-0.3, -0.25) is 14.4 Å². The minimum absolute atomic E-state index is 0.0105. The van der Waals surface area contributed by atoms with Crippen LogP contribution >= 0.6 is 0 Å². The van der Waals surface area contributed by atoms with Crippen molar-refractivity contribution in [3.05, 3.63) is 54.0 Å². The maximum atomic E-state index is 12.0. The van der Waals surface area contributed by atoms with E-state index in [9.17, 15) is 14.4 Å². The molecule has 0 spiro atoms. The van der Waals surface area contributed by atoms with Crippen LogP contribution in [0.3, 0.4) is 0 Å². The summed E-state index contributed by atoms with van der Waals surface area (Å²) in [4.78, 5) is 37.1. The molecule has 2 N–H and O–H groups in total. The molecule has 1 saturated heterocycles. The first-order valence-corrected chi connectivity index (χ1v) is 9.26. The highest BCUT2D eigenvalue weighted by atomic mass is 16.5. The third kappa shape index (κ3) is 6.20. The minimum atomic E-state index is -0.881. The third-order valence-electron chi connectivity index (χ3n) is 4.29. The molecule has 0 aliphatic carbocycles. The number of hydrogen-bond acceptors (Lipinski definition) is 6. The van der Waals surface area contributed by atoms with Crippen LogP contribution in [-0.4, -0.2) is 48.5 Å². The standard InChI is InChI=1S/C20H22N4O5/c25-18(24-9-1-2-10-24)14-29-16-7-5-15(6-8-16)12-22-23-20(27)19(26)21-13-17-4-3-11-28-17/h3-8,11-12H,1-2,9-10,13-14H2,(H,21,26)(H,23,27). The van der Waals surface area contributed by atoms with Crippen molar-refractivity contribution in [3.8, 4) is 5.75 Å². The van der Waals surface area contributed by atoms with Crippen LogP contribution in [0.5, 0.6) is 5.75 Å². The molecule has 9 nitrogen and oxygen atoms in total. The predicted octanol–water partition coefficient (Wildman–Crippen LogP) is 1.05. The number of benzene rings is 1. The average molecular weight is 398 g/mol. The van der Waals surface area contributed by atoms with E-state index in [0.29, 0.717) is 17.1 Å². The van der Waals surface area contributed by atoms with Crippen LogP contribution < -0.4 is 15.5 Å². The summed E-state index contributed by atoms with van der Waals surface area (Å²) < 4.78 is 10.6. The molecule has 1 fully saturated rings. The average Bonchev–Trinajstić information content (AvgIpc) is 3.45. The second-order valence-electron chi connectivity index (χ2n) is 6.41. The van der Waals surface area contributed by atoms with Gasteiger partial charge in [0.1, 0.15) is 11.5 Å². The van der Waals surface area contributed by atoms with Gasteiger partial charge in [0.05, 0.1) is 19.0 Å². The Labute approximate surface area is 167 Å². The zero-order valence-electron chi connectivity index (χ0n) is 15.8. The first kappa shape index (κ1) is 20.1. The molecule has 1 aliphatic heterocycles. The molecule has 3 amide bonds. The second-order valence-corrected chi connectivity index (χ2v) is 6.41. The maximum absolute atomic E-state index is 12.0. The van der Waals surface area contributed by atoms with Crippen LogP contribution in [0.15, 0.2) is 52.2 Å². The highest BCUT2D eigenvalue weighted by Crippen LogP contribution is 2.12. The fraction of sp³-hybridized carbons (Fsp3) is 0.300. The monoisotopic (exact) mass is 398 g/mol. The number of rotatable bonds is 7. The SMILES string of the molecule is O=C(NCc1ccco1)C(=O)NN=Cc1ccc(OCC(=O)N2CCCC2)cc1. The lowest BCUT2D eigenvalue weighted by molar-refractivity contribution is -0.139. The minimum Gasteiger partial charge on any atom is -0.484 e. The van der Waals surface area contributed by atoms with Gasteiger partial charge in [-0.15, -0.1) is 0 Å². The molecule has 29 heavy (non-hydrogen) atoms. The fourth-order valence-electron chi connectivity index (χ4n) is 2.73. The Kier molecular flexibility index (Phi) is 6.99. The molecule has 9 heteroatoms. The van der Waals surface area contributed by atoms with Gasteiger partial charge in [-0.1, -0.05) is 0 Å². The van der Waals surface area contributed by atoms with Crippen molar-refractivity contribution in [1.29, 1.82) is 0 Å². The van der Waals surface area contributed by atoms with Crippen molar-refractivity contribution >= 4 is 23.9 Å². The predicted molar refractivity (Wildman–Crippen MR) is 104 cm³/mol. The van der Waals surface area contributed by atoms with Crippen LogP contribution in [0.25, 0.3) is 0 Å². The van der Waals surface area contributed by atoms with Gasteiger partial charge < -0.3 is 19.4 Å². The number of carbonyl (C=O) groups is 3. The Morgan fingerprint density at radius 1 is 1.10 bits per heavy atom. The first-order valence-electron chi connectivity index (χ1n) is 9.26. The normalized spacial score (nSPS) is 13.4. The third-order valence-corrected chi connectivity index (χ3v) is 4.29. The lowest BCUT2D eigenvalue weighted by Gasteiger charge is -2.15. The van der Waals surface area contributed by atoms with Crippen LogP contribution in [0, 0.1) is 0 Å². The molecule has 1 aliphatic rings. The first-order chi connectivity index (χ1) is 14.1. The maximum Gasteiger partial charge on any atom is 0.329 e. The van der Waals surface area contributed by atoms with E-state index in [1.54, 1.807) is 41.3 Å². The number of hydrogen-bond donors (Lipinski definition) is 2. The number of furan rings is 1. The van der Waals surface area contributed by atoms with Gasteiger partial charge in [0, 0.05) is 13.1 Å². The van der Waals surface area contributed by atoms with Crippen molar-refractivity contribution in [1.82, 2.24) is 15.6 Å². The summed E-state index contributed by atoms with van der Waals surface area (Å²) in [5.41, 5.74) is 2.85. The summed E-state index contributed by atoms with van der Waals surface area (Å²) in [6.07, 6.45) is 4.97. The summed E-state index contributed by atoms with van der Waals surface area (Å²) in [5, 5.41) is 6.17. The van der Waals surface area contributed by atoms with Crippen molar-refractivity contribution in [2.75, 3.05) is 19.7 Å². The Balaban J connectivity index is 1.39. The van der Waals surface area contributed by atoms with Gasteiger partial charge in [0.2, 0.25) is 0 Å². The molecular formula is C20H22N4O5. The Morgan fingerprint density at radius 2 is 1.86 bits per heavy atom. The molecule has 152 valence electrons. The van der Waals surface area contributed by atoms with E-state index >= 15 is 0 Å². The summed E-state index contributed by atoms with van der Waals surface area (Å²) in [7, 11) is 0. The zero-order chi connectivity index (χ0) is 20.5. The molecule has 0 atom stereocenters. The Morgan fingerprint density at radius 3 is 2.55 bits per heavy atom. The van der Waals surface area contributed by atoms with Gasteiger partial charge in [-0.05, 0) is 54.8 Å². The molecule has 3 rings (SSSR count). The Hall–Kier alpha value is -3.62. The van der Waals surface area contributed by atoms with E-state index in [0.717, 1.165) is 25.9 Å². The highest BCUT2D eigenvalue weighted by Gasteiger charge is 2.18. The van der Waals surface area contributed by atoms with E-state index in [2.05, 4.69) is 15.8 Å². The number of nitrogens with zero attached hydrogens (tertiary/aromatic N) is 2. The summed E-state index contributed by atoms with van der Waals surface area (Å²) in [5.74, 6) is -0.602. The molecule has 1 aromatic carbocycles. The van der Waals surface area contributed by atoms with E-state index in [1.165, 1.54) is 12.5 Å². The lowest BCUT2D eigenvalue weighted by atomic mass is 10.2. The molecule has 0 unspecified atom stereocenters. The number of nitrogens with one attached hydrogen (secondary N) is 2. The molecule has 2 aromatic rings. The lowest BCUT2D eigenvalue weighted by Crippen LogP contribution is -2.37. The molecule has 0 radical (unpaired) electrons. The largest absolute Gasteiger partial charge is 0.484 e. The van der Waals surface area contributed by atoms with Gasteiger partial charge >= 0.3 is 11.8 Å². The van der Waals surface area contributed by atoms with Crippen molar-refractivity contribution in [2.24, 2.45) is 5.10 Å². The number of ether oxygens (including phenoxy) is 1. The molecule has 1 aromatic heterocycles. The van der Waals surface area contributed by atoms with Crippen molar-refractivity contribution < 1.29 is 23.5 Å². The summed E-state index contributed by atoms with van der Waals surface area (Å²) in [6.45, 7) is 1.72. The topological polar surface area (TPSA) is 113 Å². The van der Waals surface area contributed by atoms with Crippen LogP contribution in [0.1, 0.15) is 24.2 Å². The highest BCUT2D eigenvalue weighted by molar-refractivity contribution is 6.35. The zero-order valence-corrected chi connectivity index (χ0v) is 15.8. The molecule has 0 saturated carbocycles. The van der Waals surface area contributed by atoms with Gasteiger partial charge in [0.15, 0.2) is 6.61 Å². The molecular weight excluding hydrogens is 376 g/mol. The van der Waals surface area contributed by atoms with Crippen LogP contribution in [0.2, 0.25) is 0 Å². The number of amides is 3. The van der Waals surface area contributed by atoms with E-state index in [-0.39, 0.29) is 19.1 Å². The quantitative estimate of drug-likeness (QED) is 0.411. The summed E-state index contributed by atoms with van der Waals surface area (Å²) in [6, 6.07) is 10.2. The van der Waals surface area contributed by atoms with Gasteiger partial charge in [0.25, 0.3) is 5.91 Å². The molecule has 0 bridgehead atoms. The van der Waals surface area contributed by atoms with Crippen LogP contribution in [-0.2, 0) is 20.9 Å². The number of carbonyl (C=O) groups excluding carboxylic acids is 3. The fourth-order valence-corrected chi connectivity index (χ4v) is 2.73. The smallest absolute Gasteiger partial charge is 0.329 e. The Bertz CT molecular complexity index is 856. The van der Waals surface area contributed by atoms with Gasteiger partial charge in [-0.25, -0.2) is 5.43 Å². The van der Waals surface area contributed by atoms with Gasteiger partial charge in [-0.2, -0.15) is 5.10 Å². The second kappa shape index (κ2) is 10.1. The number of hydrazone groups is 1. The van der Waals surface area contributed by atoms with E-state index in [1.807, 2.05) is 0 Å². The van der Waals surface area contributed by atoms with Crippen molar-refractivity contribution in [2.45, 2.75) is 19.4 Å². The summed E-state index contributed by atoms with van der Waals surface area (Å²) >= 11 is 0. The number of likely N-dealkylation sites (tertiary alicyclic amines) is 1. The molecule has 2 heterocycles. The van der Waals surface area contributed by atoms with E-state index in [4.69, 9.17) is 9.15 Å². The van der Waals surface area contributed by atoms with Crippen molar-refractivity contribution in [3.63, 3.8) is 0 Å². The van der Waals surface area contributed by atoms with Crippen LogP contribution in [0.4, 0.5) is 0 Å². The van der Waals surface area contributed by atoms with E-state index < -0.39 is 11.8 Å².